The van der Waals surface area contributed by atoms with E-state index in [0.29, 0.717) is 13.1 Å². The summed E-state index contributed by atoms with van der Waals surface area (Å²) in [6.45, 7) is 1.22. The minimum Gasteiger partial charge on any atom is -0.350 e. The minimum absolute atomic E-state index is 0.0397. The molecule has 0 aliphatic rings. The summed E-state index contributed by atoms with van der Waals surface area (Å²) >= 11 is 0. The van der Waals surface area contributed by atoms with Crippen LogP contribution in [0, 0.1) is 0 Å². The molecule has 0 bridgehead atoms. The van der Waals surface area contributed by atoms with Gasteiger partial charge in [0.2, 0.25) is 5.91 Å². The molecule has 0 saturated carbocycles. The lowest BCUT2D eigenvalue weighted by Crippen LogP contribution is -2.30. The highest BCUT2D eigenvalue weighted by Crippen LogP contribution is 1.93. The maximum absolute atomic E-state index is 11.6. The predicted molar refractivity (Wildman–Crippen MR) is 64.7 cm³/mol. The topological polar surface area (TPSA) is 106 Å². The van der Waals surface area contributed by atoms with Crippen LogP contribution in [0.4, 0.5) is 0 Å². The van der Waals surface area contributed by atoms with Gasteiger partial charge >= 0.3 is 0 Å². The molecule has 0 radical (unpaired) electrons. The molecule has 100 valence electrons. The van der Waals surface area contributed by atoms with Crippen molar-refractivity contribution in [2.45, 2.75) is 13.0 Å². The lowest BCUT2D eigenvalue weighted by molar-refractivity contribution is -0.128. The van der Waals surface area contributed by atoms with Crippen molar-refractivity contribution in [3.8, 4) is 0 Å². The van der Waals surface area contributed by atoms with Gasteiger partial charge in [0.25, 0.3) is 5.91 Å². The fraction of sp³-hybridized carbons (Fsp3) is 0.600. The molecule has 8 heteroatoms. The molecular weight excluding hydrogens is 236 g/mol. The van der Waals surface area contributed by atoms with Crippen LogP contribution in [0.15, 0.2) is 6.20 Å². The average Bonchev–Trinajstić information content (AvgIpc) is 2.77. The Morgan fingerprint density at radius 1 is 1.50 bits per heavy atom. The summed E-state index contributed by atoms with van der Waals surface area (Å²) in [5.41, 5.74) is 5.58. The molecule has 0 unspecified atom stereocenters. The van der Waals surface area contributed by atoms with Crippen LogP contribution in [0.5, 0.6) is 0 Å². The Bertz CT molecular complexity index is 414. The molecule has 0 atom stereocenters. The Balaban J connectivity index is 2.38. The number of nitrogens with zero attached hydrogens (tertiary/aromatic N) is 4. The Kier molecular flexibility index (Phi) is 5.25. The third kappa shape index (κ3) is 4.13. The Morgan fingerprint density at radius 3 is 2.83 bits per heavy atom. The van der Waals surface area contributed by atoms with Crippen molar-refractivity contribution in [3.05, 3.63) is 11.9 Å². The number of amides is 2. The first kappa shape index (κ1) is 14.1. The zero-order chi connectivity index (χ0) is 13.5. The number of carbonyl (C=O) groups is 2. The summed E-state index contributed by atoms with van der Waals surface area (Å²) in [7, 11) is 3.34. The second-order valence-corrected chi connectivity index (χ2v) is 3.95. The summed E-state index contributed by atoms with van der Waals surface area (Å²) in [5, 5.41) is 10.1. The van der Waals surface area contributed by atoms with Gasteiger partial charge in [-0.2, -0.15) is 0 Å². The van der Waals surface area contributed by atoms with Gasteiger partial charge in [0, 0.05) is 33.6 Å². The van der Waals surface area contributed by atoms with Crippen LogP contribution in [0.3, 0.4) is 0 Å². The lowest BCUT2D eigenvalue weighted by atomic mass is 10.3. The van der Waals surface area contributed by atoms with Gasteiger partial charge in [0.1, 0.15) is 0 Å². The molecule has 1 aromatic rings. The summed E-state index contributed by atoms with van der Waals surface area (Å²) in [6, 6.07) is 0. The largest absolute Gasteiger partial charge is 0.350 e. The zero-order valence-corrected chi connectivity index (χ0v) is 10.6. The molecule has 0 aliphatic carbocycles. The highest BCUT2D eigenvalue weighted by molar-refractivity contribution is 5.92. The first-order valence-corrected chi connectivity index (χ1v) is 5.63. The monoisotopic (exact) mass is 254 g/mol. The van der Waals surface area contributed by atoms with Crippen molar-refractivity contribution in [2.24, 2.45) is 5.73 Å². The van der Waals surface area contributed by atoms with Gasteiger partial charge in [0.05, 0.1) is 12.7 Å². The van der Waals surface area contributed by atoms with E-state index < -0.39 is 0 Å². The first-order chi connectivity index (χ1) is 8.54. The number of hydrogen-bond donors (Lipinski definition) is 2. The normalized spacial score (nSPS) is 10.2. The molecule has 18 heavy (non-hydrogen) atoms. The molecule has 0 fully saturated rings. The van der Waals surface area contributed by atoms with Gasteiger partial charge in [-0.1, -0.05) is 5.21 Å². The second kappa shape index (κ2) is 6.70. The number of carbonyl (C=O) groups excluding carboxylic acids is 2. The molecule has 1 rings (SSSR count). The van der Waals surface area contributed by atoms with Gasteiger partial charge in [-0.3, -0.25) is 14.3 Å². The maximum Gasteiger partial charge on any atom is 0.273 e. The van der Waals surface area contributed by atoms with Crippen LogP contribution in [0.1, 0.15) is 16.9 Å². The summed E-state index contributed by atoms with van der Waals surface area (Å²) in [4.78, 5) is 24.4. The van der Waals surface area contributed by atoms with E-state index in [-0.39, 0.29) is 30.5 Å². The van der Waals surface area contributed by atoms with E-state index in [1.165, 1.54) is 15.8 Å². The molecule has 2 amide bonds. The number of nitrogens with two attached hydrogens (primary N) is 1. The van der Waals surface area contributed by atoms with Crippen LogP contribution < -0.4 is 11.1 Å². The van der Waals surface area contributed by atoms with E-state index in [0.717, 1.165) is 0 Å². The van der Waals surface area contributed by atoms with Crippen molar-refractivity contribution >= 4 is 11.8 Å². The highest BCUT2D eigenvalue weighted by atomic mass is 16.2. The zero-order valence-electron chi connectivity index (χ0n) is 10.6. The van der Waals surface area contributed by atoms with E-state index in [1.54, 1.807) is 14.1 Å². The van der Waals surface area contributed by atoms with E-state index in [1.807, 2.05) is 0 Å². The first-order valence-electron chi connectivity index (χ1n) is 5.63. The van der Waals surface area contributed by atoms with Gasteiger partial charge in [-0.25, -0.2) is 0 Å². The van der Waals surface area contributed by atoms with Crippen LogP contribution in [0.25, 0.3) is 0 Å². The smallest absolute Gasteiger partial charge is 0.273 e. The van der Waals surface area contributed by atoms with Crippen LogP contribution in [0.2, 0.25) is 0 Å². The van der Waals surface area contributed by atoms with Gasteiger partial charge in [-0.15, -0.1) is 5.10 Å². The highest BCUT2D eigenvalue weighted by Gasteiger charge is 2.11. The molecule has 1 heterocycles. The fourth-order valence-corrected chi connectivity index (χ4v) is 1.24. The molecule has 3 N–H and O–H groups in total. The number of hydrogen-bond acceptors (Lipinski definition) is 5. The summed E-state index contributed by atoms with van der Waals surface area (Å²) in [5.74, 6) is -0.382. The third-order valence-corrected chi connectivity index (χ3v) is 2.25. The van der Waals surface area contributed by atoms with E-state index in [9.17, 15) is 9.59 Å². The van der Waals surface area contributed by atoms with E-state index in [2.05, 4.69) is 15.6 Å². The van der Waals surface area contributed by atoms with Crippen molar-refractivity contribution in [3.63, 3.8) is 0 Å². The molecule has 1 aromatic heterocycles. The van der Waals surface area contributed by atoms with Gasteiger partial charge in [0.15, 0.2) is 5.69 Å². The SMILES string of the molecule is CN(C)C(=O)CCNC(=O)c1cn(CCN)nn1. The predicted octanol–water partition coefficient (Wildman–Crippen LogP) is -1.56. The van der Waals surface area contributed by atoms with Crippen molar-refractivity contribution in [1.82, 2.24) is 25.2 Å². The van der Waals surface area contributed by atoms with E-state index in [4.69, 9.17) is 5.73 Å². The summed E-state index contributed by atoms with van der Waals surface area (Å²) in [6.07, 6.45) is 1.78. The molecule has 0 saturated heterocycles. The van der Waals surface area contributed by atoms with Crippen molar-refractivity contribution in [1.29, 1.82) is 0 Å². The van der Waals surface area contributed by atoms with Gasteiger partial charge < -0.3 is 16.0 Å². The molecule has 0 aliphatic heterocycles. The number of nitrogens with one attached hydrogen (secondary N) is 1. The summed E-state index contributed by atoms with van der Waals surface area (Å²) < 4.78 is 1.50. The Hall–Kier alpha value is -1.96. The van der Waals surface area contributed by atoms with Crippen LogP contribution in [-0.4, -0.2) is 58.9 Å². The van der Waals surface area contributed by atoms with E-state index >= 15 is 0 Å². The maximum atomic E-state index is 11.6. The quantitative estimate of drug-likeness (QED) is 0.639. The Labute approximate surface area is 105 Å². The van der Waals surface area contributed by atoms with Crippen molar-refractivity contribution in [2.75, 3.05) is 27.2 Å². The van der Waals surface area contributed by atoms with Gasteiger partial charge in [-0.05, 0) is 0 Å². The minimum atomic E-state index is -0.343. The lowest BCUT2D eigenvalue weighted by Gasteiger charge is -2.09. The third-order valence-electron chi connectivity index (χ3n) is 2.25. The van der Waals surface area contributed by atoms with Crippen LogP contribution >= 0.6 is 0 Å². The Morgan fingerprint density at radius 2 is 2.22 bits per heavy atom. The van der Waals surface area contributed by atoms with Crippen molar-refractivity contribution < 1.29 is 9.59 Å². The standard InChI is InChI=1S/C10H18N6O2/c1-15(2)9(17)3-5-12-10(18)8-7-16(6-4-11)14-13-8/h7H,3-6,11H2,1-2H3,(H,12,18). The number of rotatable bonds is 6. The molecule has 0 spiro atoms. The molecular formula is C10H18N6O2. The fourth-order valence-electron chi connectivity index (χ4n) is 1.24. The second-order valence-electron chi connectivity index (χ2n) is 3.95. The molecule has 0 aromatic carbocycles. The van der Waals surface area contributed by atoms with Crippen LogP contribution in [-0.2, 0) is 11.3 Å². The number of aromatic nitrogens is 3. The average molecular weight is 254 g/mol. The molecule has 8 nitrogen and oxygen atoms in total.